The number of hydrogen-bond donors (Lipinski definition) is 2. The number of nitrogens with one attached hydrogen (secondary N) is 2. The summed E-state index contributed by atoms with van der Waals surface area (Å²) in [5, 5.41) is 13.5. The molecule has 0 aliphatic carbocycles. The molecule has 33 heavy (non-hydrogen) atoms. The first-order chi connectivity index (χ1) is 15.9. The number of carbonyl (C=O) groups is 2. The van der Waals surface area contributed by atoms with Crippen LogP contribution in [0, 0.1) is 13.8 Å². The molecule has 0 atom stereocenters. The van der Waals surface area contributed by atoms with Crippen molar-refractivity contribution < 1.29 is 14.0 Å². The molecule has 2 N–H and O–H groups in total. The highest BCUT2D eigenvalue weighted by molar-refractivity contribution is 5.95. The van der Waals surface area contributed by atoms with Crippen molar-refractivity contribution in [3.63, 3.8) is 0 Å². The van der Waals surface area contributed by atoms with Crippen LogP contribution in [-0.4, -0.2) is 29.1 Å². The van der Waals surface area contributed by atoms with E-state index < -0.39 is 0 Å². The van der Waals surface area contributed by atoms with Gasteiger partial charge in [0.05, 0.1) is 0 Å². The summed E-state index contributed by atoms with van der Waals surface area (Å²) in [6.07, 6.45) is 0. The fourth-order valence-electron chi connectivity index (χ4n) is 3.48. The molecule has 0 aliphatic rings. The second-order valence-electron chi connectivity index (χ2n) is 7.69. The van der Waals surface area contributed by atoms with Crippen molar-refractivity contribution in [1.29, 1.82) is 0 Å². The Labute approximate surface area is 191 Å². The SMILES string of the molecule is CNC(=O)c1ccc(CNC(=O)c2ccc(-c3cc(-c4nnc(C)o4)ccc3C)cc2)cc1. The Balaban J connectivity index is 1.45. The molecule has 7 nitrogen and oxygen atoms in total. The lowest BCUT2D eigenvalue weighted by atomic mass is 9.97. The van der Waals surface area contributed by atoms with E-state index >= 15 is 0 Å². The van der Waals surface area contributed by atoms with Crippen LogP contribution in [0.25, 0.3) is 22.6 Å². The summed E-state index contributed by atoms with van der Waals surface area (Å²) in [6, 6.07) is 20.6. The molecule has 3 aromatic carbocycles. The quantitative estimate of drug-likeness (QED) is 0.466. The highest BCUT2D eigenvalue weighted by Crippen LogP contribution is 2.29. The van der Waals surface area contributed by atoms with Crippen LogP contribution >= 0.6 is 0 Å². The topological polar surface area (TPSA) is 97.1 Å². The zero-order valence-corrected chi connectivity index (χ0v) is 18.7. The summed E-state index contributed by atoms with van der Waals surface area (Å²) in [7, 11) is 1.59. The number of nitrogens with zero attached hydrogens (tertiary/aromatic N) is 2. The van der Waals surface area contributed by atoms with Crippen molar-refractivity contribution in [3.05, 3.63) is 94.9 Å². The van der Waals surface area contributed by atoms with Gasteiger partial charge in [-0.2, -0.15) is 0 Å². The van der Waals surface area contributed by atoms with E-state index in [1.807, 2.05) is 61.5 Å². The molecule has 2 amide bonds. The molecular weight excluding hydrogens is 416 g/mol. The normalized spacial score (nSPS) is 10.6. The molecule has 7 heteroatoms. The van der Waals surface area contributed by atoms with Gasteiger partial charge in [0.25, 0.3) is 11.8 Å². The molecule has 4 rings (SSSR count). The average Bonchev–Trinajstić information content (AvgIpc) is 3.29. The van der Waals surface area contributed by atoms with Crippen LogP contribution in [0.1, 0.15) is 37.7 Å². The van der Waals surface area contributed by atoms with Crippen molar-refractivity contribution in [2.24, 2.45) is 0 Å². The molecule has 0 aliphatic heterocycles. The van der Waals surface area contributed by atoms with Crippen LogP contribution in [0.5, 0.6) is 0 Å². The second-order valence-corrected chi connectivity index (χ2v) is 7.69. The number of carbonyl (C=O) groups excluding carboxylic acids is 2. The molecule has 1 heterocycles. The molecule has 0 fully saturated rings. The third-order valence-electron chi connectivity index (χ3n) is 5.36. The standard InChI is InChI=1S/C26H24N4O3/c1-16-4-7-22(26-30-29-17(2)33-26)14-23(16)19-10-12-21(13-11-19)25(32)28-15-18-5-8-20(9-6-18)24(31)27-3/h4-14H,15H2,1-3H3,(H,27,31)(H,28,32). The molecule has 0 unspecified atom stereocenters. The number of hydrogen-bond acceptors (Lipinski definition) is 5. The minimum absolute atomic E-state index is 0.140. The lowest BCUT2D eigenvalue weighted by Gasteiger charge is -2.10. The third kappa shape index (κ3) is 4.98. The van der Waals surface area contributed by atoms with Crippen LogP contribution in [0.3, 0.4) is 0 Å². The Morgan fingerprint density at radius 2 is 1.45 bits per heavy atom. The summed E-state index contributed by atoms with van der Waals surface area (Å²) >= 11 is 0. The Morgan fingerprint density at radius 3 is 2.09 bits per heavy atom. The van der Waals surface area contributed by atoms with E-state index in [1.54, 1.807) is 26.1 Å². The van der Waals surface area contributed by atoms with Gasteiger partial charge in [-0.25, -0.2) is 0 Å². The van der Waals surface area contributed by atoms with Crippen molar-refractivity contribution in [3.8, 4) is 22.6 Å². The van der Waals surface area contributed by atoms with Gasteiger partial charge in [0.1, 0.15) is 0 Å². The van der Waals surface area contributed by atoms with Crippen molar-refractivity contribution in [1.82, 2.24) is 20.8 Å². The molecule has 1 aromatic heterocycles. The zero-order chi connectivity index (χ0) is 23.4. The van der Waals surface area contributed by atoms with E-state index in [4.69, 9.17) is 4.42 Å². The Hall–Kier alpha value is -4.26. The third-order valence-corrected chi connectivity index (χ3v) is 5.36. The van der Waals surface area contributed by atoms with Gasteiger partial charge >= 0.3 is 0 Å². The van der Waals surface area contributed by atoms with Crippen LogP contribution in [0.4, 0.5) is 0 Å². The number of amides is 2. The number of aromatic nitrogens is 2. The lowest BCUT2D eigenvalue weighted by molar-refractivity contribution is 0.0946. The summed E-state index contributed by atoms with van der Waals surface area (Å²) < 4.78 is 5.54. The molecule has 166 valence electrons. The van der Waals surface area contributed by atoms with Gasteiger partial charge in [-0.15, -0.1) is 10.2 Å². The molecular formula is C26H24N4O3. The molecule has 0 saturated carbocycles. The van der Waals surface area contributed by atoms with E-state index in [-0.39, 0.29) is 11.8 Å². The van der Waals surface area contributed by atoms with Crippen LogP contribution in [0.2, 0.25) is 0 Å². The van der Waals surface area contributed by atoms with Crippen LogP contribution in [-0.2, 0) is 6.54 Å². The molecule has 0 bridgehead atoms. The highest BCUT2D eigenvalue weighted by atomic mass is 16.4. The monoisotopic (exact) mass is 440 g/mol. The maximum atomic E-state index is 12.6. The van der Waals surface area contributed by atoms with E-state index in [9.17, 15) is 9.59 Å². The lowest BCUT2D eigenvalue weighted by Crippen LogP contribution is -2.23. The summed E-state index contributed by atoms with van der Waals surface area (Å²) in [4.78, 5) is 24.2. The summed E-state index contributed by atoms with van der Waals surface area (Å²) in [6.45, 7) is 4.17. The second kappa shape index (κ2) is 9.48. The zero-order valence-electron chi connectivity index (χ0n) is 18.7. The average molecular weight is 441 g/mol. The van der Waals surface area contributed by atoms with Gasteiger partial charge < -0.3 is 15.1 Å². The molecule has 0 spiro atoms. The highest BCUT2D eigenvalue weighted by Gasteiger charge is 2.11. The van der Waals surface area contributed by atoms with E-state index in [0.29, 0.717) is 29.5 Å². The Bertz CT molecular complexity index is 1290. The maximum absolute atomic E-state index is 12.6. The van der Waals surface area contributed by atoms with Crippen molar-refractivity contribution >= 4 is 11.8 Å². The summed E-state index contributed by atoms with van der Waals surface area (Å²) in [5.41, 5.74) is 6.04. The van der Waals surface area contributed by atoms with E-state index in [1.165, 1.54) is 0 Å². The fraction of sp³-hybridized carbons (Fsp3) is 0.154. The van der Waals surface area contributed by atoms with Gasteiger partial charge in [-0.1, -0.05) is 30.3 Å². The van der Waals surface area contributed by atoms with Gasteiger partial charge in [-0.3, -0.25) is 9.59 Å². The number of benzene rings is 3. The van der Waals surface area contributed by atoms with Gasteiger partial charge in [0.15, 0.2) is 0 Å². The van der Waals surface area contributed by atoms with Crippen molar-refractivity contribution in [2.75, 3.05) is 7.05 Å². The first kappa shape index (κ1) is 22.0. The Morgan fingerprint density at radius 1 is 0.818 bits per heavy atom. The van der Waals surface area contributed by atoms with E-state index in [0.717, 1.165) is 27.8 Å². The van der Waals surface area contributed by atoms with Crippen LogP contribution < -0.4 is 10.6 Å². The summed E-state index contributed by atoms with van der Waals surface area (Å²) in [5.74, 6) is 0.695. The molecule has 0 radical (unpaired) electrons. The number of rotatable bonds is 6. The predicted octanol–water partition coefficient (Wildman–Crippen LogP) is 4.31. The molecule has 0 saturated heterocycles. The first-order valence-corrected chi connectivity index (χ1v) is 10.6. The number of aryl methyl sites for hydroxylation is 2. The van der Waals surface area contributed by atoms with Crippen LogP contribution in [0.15, 0.2) is 71.1 Å². The Kier molecular flexibility index (Phi) is 6.31. The minimum Gasteiger partial charge on any atom is -0.421 e. The maximum Gasteiger partial charge on any atom is 0.251 e. The first-order valence-electron chi connectivity index (χ1n) is 10.6. The molecule has 4 aromatic rings. The van der Waals surface area contributed by atoms with Crippen molar-refractivity contribution in [2.45, 2.75) is 20.4 Å². The van der Waals surface area contributed by atoms with Gasteiger partial charge in [0, 0.05) is 37.2 Å². The van der Waals surface area contributed by atoms with E-state index in [2.05, 4.69) is 20.8 Å². The minimum atomic E-state index is -0.163. The largest absolute Gasteiger partial charge is 0.421 e. The fourth-order valence-corrected chi connectivity index (χ4v) is 3.48. The van der Waals surface area contributed by atoms with Gasteiger partial charge in [0.2, 0.25) is 11.8 Å². The smallest absolute Gasteiger partial charge is 0.251 e. The van der Waals surface area contributed by atoms with Gasteiger partial charge in [-0.05, 0) is 65.6 Å². The predicted molar refractivity (Wildman–Crippen MR) is 126 cm³/mol.